The maximum atomic E-state index is 13.8. The number of fused-ring (bicyclic) bond motifs is 1. The number of amides is 1. The van der Waals surface area contributed by atoms with Gasteiger partial charge < -0.3 is 10.1 Å². The van der Waals surface area contributed by atoms with Gasteiger partial charge in [0, 0.05) is 28.3 Å². The van der Waals surface area contributed by atoms with Crippen molar-refractivity contribution in [2.75, 3.05) is 0 Å². The molecule has 2 aromatic rings. The molecule has 1 aliphatic carbocycles. The Bertz CT molecular complexity index is 1290. The van der Waals surface area contributed by atoms with Crippen molar-refractivity contribution >= 4 is 32.3 Å². The number of hydrogen-bond donors (Lipinski definition) is 2. The molecule has 1 aromatic heterocycles. The largest absolute Gasteiger partial charge is 0.367 e. The fourth-order valence-electron chi connectivity index (χ4n) is 3.52. The monoisotopic (exact) mass is 533 g/mol. The molecule has 0 saturated carbocycles. The molecule has 0 spiro atoms. The molecule has 0 radical (unpaired) electrons. The van der Waals surface area contributed by atoms with Crippen molar-refractivity contribution in [3.63, 3.8) is 0 Å². The molecular weight excluding hydrogens is 510 g/mol. The van der Waals surface area contributed by atoms with Crippen molar-refractivity contribution in [3.8, 4) is 11.3 Å². The molecule has 36 heavy (non-hydrogen) atoms. The lowest BCUT2D eigenvalue weighted by Crippen LogP contribution is -2.19. The minimum absolute atomic E-state index is 0.133. The zero-order valence-corrected chi connectivity index (χ0v) is 21.2. The fourth-order valence-corrected chi connectivity index (χ4v) is 3.90. The number of carbonyl (C=O) groups excluding carboxylic acids is 1. The summed E-state index contributed by atoms with van der Waals surface area (Å²) in [5, 5.41) is 10.6. The average molecular weight is 534 g/mol. The van der Waals surface area contributed by atoms with Crippen molar-refractivity contribution in [1.29, 1.82) is 0 Å². The maximum Gasteiger partial charge on any atom is 0.367 e. The van der Waals surface area contributed by atoms with Gasteiger partial charge in [-0.25, -0.2) is 4.39 Å². The second-order valence-electron chi connectivity index (χ2n) is 7.62. The van der Waals surface area contributed by atoms with E-state index in [0.29, 0.717) is 34.1 Å². The number of aromatic amines is 1. The van der Waals surface area contributed by atoms with Crippen LogP contribution in [0.4, 0.5) is 13.2 Å². The van der Waals surface area contributed by atoms with Crippen LogP contribution in [0.2, 0.25) is 0 Å². The summed E-state index contributed by atoms with van der Waals surface area (Å²) in [5.74, 6) is -4.31. The Morgan fingerprint density at radius 2 is 2.06 bits per heavy atom. The van der Waals surface area contributed by atoms with Gasteiger partial charge in [0.2, 0.25) is 0 Å². The highest BCUT2D eigenvalue weighted by molar-refractivity contribution is 7.17. The van der Waals surface area contributed by atoms with Gasteiger partial charge in [-0.15, -0.1) is 0 Å². The molecule has 1 aliphatic heterocycles. The number of ether oxygens (including phenoxy) is 1. The van der Waals surface area contributed by atoms with Gasteiger partial charge in [0.1, 0.15) is 11.9 Å². The van der Waals surface area contributed by atoms with E-state index < -0.39 is 17.8 Å². The summed E-state index contributed by atoms with van der Waals surface area (Å²) < 4.78 is 44.6. The number of carbonyl (C=O) groups is 1. The van der Waals surface area contributed by atoms with Gasteiger partial charge in [0.25, 0.3) is 5.91 Å². The Labute approximate surface area is 214 Å². The van der Waals surface area contributed by atoms with Gasteiger partial charge in [-0.1, -0.05) is 48.5 Å². The lowest BCUT2D eigenvalue weighted by molar-refractivity contribution is -0.172. The lowest BCUT2D eigenvalue weighted by Gasteiger charge is -2.16. The third kappa shape index (κ3) is 7.40. The molecule has 1 amide bonds. The Kier molecular flexibility index (Phi) is 9.26. The Balaban J connectivity index is 0.000000392. The van der Waals surface area contributed by atoms with E-state index in [0.717, 1.165) is 23.3 Å². The zero-order valence-electron chi connectivity index (χ0n) is 19.3. The molecule has 1 aromatic carbocycles. The van der Waals surface area contributed by atoms with E-state index >= 15 is 0 Å². The first-order valence-corrected chi connectivity index (χ1v) is 11.8. The first-order chi connectivity index (χ1) is 17.1. The Morgan fingerprint density at radius 3 is 2.75 bits per heavy atom. The number of hydrogen-bond acceptors (Lipinski definition) is 3. The minimum Gasteiger partial charge on any atom is -0.348 e. The van der Waals surface area contributed by atoms with E-state index in [1.165, 1.54) is 21.4 Å². The Morgan fingerprint density at radius 1 is 1.31 bits per heavy atom. The van der Waals surface area contributed by atoms with Crippen LogP contribution in [0.1, 0.15) is 28.5 Å². The number of nitrogens with one attached hydrogen (secondary N) is 2. The van der Waals surface area contributed by atoms with Crippen molar-refractivity contribution in [3.05, 3.63) is 107 Å². The molecule has 2 N–H and O–H groups in total. The molecule has 5 nitrogen and oxygen atoms in total. The van der Waals surface area contributed by atoms with Crippen LogP contribution in [0, 0.1) is 0 Å². The normalized spacial score (nSPS) is 17.6. The van der Waals surface area contributed by atoms with Gasteiger partial charge in [-0.3, -0.25) is 9.89 Å². The third-order valence-corrected chi connectivity index (χ3v) is 5.38. The van der Waals surface area contributed by atoms with Gasteiger partial charge in [-0.05, 0) is 64.2 Å². The van der Waals surface area contributed by atoms with Gasteiger partial charge in [0.15, 0.2) is 0 Å². The van der Waals surface area contributed by atoms with Gasteiger partial charge in [0.05, 0.1) is 11.4 Å². The second-order valence-corrected chi connectivity index (χ2v) is 8.73. The molecule has 2 unspecified atom stereocenters. The van der Waals surface area contributed by atoms with Crippen LogP contribution < -0.4 is 5.32 Å². The number of halogens is 4. The van der Waals surface area contributed by atoms with E-state index in [-0.39, 0.29) is 5.91 Å². The molecule has 10 heteroatoms. The van der Waals surface area contributed by atoms with E-state index in [2.05, 4.69) is 26.8 Å². The first-order valence-electron chi connectivity index (χ1n) is 10.8. The number of nitrogens with zero attached hydrogens (tertiary/aromatic N) is 1. The van der Waals surface area contributed by atoms with Crippen LogP contribution in [0.5, 0.6) is 0 Å². The highest BCUT2D eigenvalue weighted by Crippen LogP contribution is 2.32. The standard InChI is InChI=1S/C19H15F3N3O2P.C7H9Cl/c20-11-5-4-10(6-12(7-11)27-19(21,22)28)16-8-17(25-24-16)13-2-1-3-14-15(13)9-23-18(14)26;1-3-5-7(8)6-4-2/h1-8,12H,9,28H2,(H,23,26)(H,24,25);3-6H,1H2,2H3/b;6-4-,7-5+. The van der Waals surface area contributed by atoms with E-state index in [1.807, 2.05) is 25.1 Å². The quantitative estimate of drug-likeness (QED) is 0.317. The van der Waals surface area contributed by atoms with Crippen LogP contribution in [0.3, 0.4) is 0 Å². The van der Waals surface area contributed by atoms with Crippen LogP contribution in [0.15, 0.2) is 90.3 Å². The summed E-state index contributed by atoms with van der Waals surface area (Å²) in [6.45, 7) is 5.82. The number of aromatic nitrogens is 2. The smallest absolute Gasteiger partial charge is 0.348 e. The zero-order chi connectivity index (χ0) is 26.3. The Hall–Kier alpha value is -3.19. The van der Waals surface area contributed by atoms with Crippen molar-refractivity contribution in [2.45, 2.75) is 25.4 Å². The predicted molar refractivity (Wildman–Crippen MR) is 140 cm³/mol. The van der Waals surface area contributed by atoms with E-state index in [9.17, 15) is 18.0 Å². The highest BCUT2D eigenvalue weighted by atomic mass is 35.5. The number of alkyl halides is 2. The molecule has 0 saturated heterocycles. The maximum absolute atomic E-state index is 13.8. The summed E-state index contributed by atoms with van der Waals surface area (Å²) >= 11 is 5.58. The summed E-state index contributed by atoms with van der Waals surface area (Å²) in [5.41, 5.74) is 3.78. The van der Waals surface area contributed by atoms with E-state index in [1.54, 1.807) is 30.4 Å². The predicted octanol–water partition coefficient (Wildman–Crippen LogP) is 6.81. The molecular formula is C26H24ClF3N3O2P. The molecule has 188 valence electrons. The van der Waals surface area contributed by atoms with Crippen LogP contribution in [-0.4, -0.2) is 28.1 Å². The summed E-state index contributed by atoms with van der Waals surface area (Å²) in [6, 6.07) is 7.09. The van der Waals surface area contributed by atoms with Gasteiger partial charge in [-0.2, -0.15) is 13.9 Å². The van der Waals surface area contributed by atoms with Crippen molar-refractivity contribution in [2.24, 2.45) is 0 Å². The topological polar surface area (TPSA) is 67.0 Å². The number of benzene rings is 1. The highest BCUT2D eigenvalue weighted by Gasteiger charge is 2.27. The average Bonchev–Trinajstić information content (AvgIpc) is 3.39. The van der Waals surface area contributed by atoms with Crippen LogP contribution in [0.25, 0.3) is 16.8 Å². The van der Waals surface area contributed by atoms with Crippen LogP contribution in [-0.2, 0) is 11.3 Å². The summed E-state index contributed by atoms with van der Waals surface area (Å²) in [4.78, 5) is 11.8. The number of rotatable bonds is 6. The fraction of sp³-hybridized carbons (Fsp3) is 0.154. The molecule has 2 atom stereocenters. The summed E-state index contributed by atoms with van der Waals surface area (Å²) in [7, 11) is 1.26. The SMILES string of the molecule is C=C/C=C(Cl)\C=C/C.O=C1NCc2c1cccc2-c1cc(C2=CC(OC(F)(F)P)C=C(F)C=C2)n[nH]1. The molecule has 0 bridgehead atoms. The third-order valence-electron chi connectivity index (χ3n) is 5.00. The second kappa shape index (κ2) is 12.2. The number of allylic oxidation sites excluding steroid dienone is 9. The summed E-state index contributed by atoms with van der Waals surface area (Å²) in [6.07, 6.45) is 10.7. The molecule has 2 heterocycles. The minimum atomic E-state index is -3.49. The lowest BCUT2D eigenvalue weighted by atomic mass is 10.00. The molecule has 4 rings (SSSR count). The van der Waals surface area contributed by atoms with Crippen LogP contribution >= 0.6 is 20.8 Å². The molecule has 2 aliphatic rings. The molecule has 0 fully saturated rings. The van der Waals surface area contributed by atoms with Crippen molar-refractivity contribution in [1.82, 2.24) is 15.5 Å². The van der Waals surface area contributed by atoms with Crippen molar-refractivity contribution < 1.29 is 22.7 Å². The van der Waals surface area contributed by atoms with E-state index in [4.69, 9.17) is 11.6 Å². The first kappa shape index (κ1) is 27.4. The number of H-pyrrole nitrogens is 1. The van der Waals surface area contributed by atoms with Gasteiger partial charge >= 0.3 is 5.85 Å².